The van der Waals surface area contributed by atoms with Gasteiger partial charge in [0.2, 0.25) is 0 Å². The van der Waals surface area contributed by atoms with Gasteiger partial charge in [0.25, 0.3) is 11.8 Å². The summed E-state index contributed by atoms with van der Waals surface area (Å²) in [6.07, 6.45) is 0. The number of hydrogen-bond donors (Lipinski definition) is 1. The normalized spacial score (nSPS) is 10.6. The van der Waals surface area contributed by atoms with E-state index in [1.165, 1.54) is 0 Å². The molecule has 3 rings (SSSR count). The van der Waals surface area contributed by atoms with Crippen LogP contribution in [-0.4, -0.2) is 39.6 Å². The van der Waals surface area contributed by atoms with Gasteiger partial charge in [-0.15, -0.1) is 0 Å². The Morgan fingerprint density at radius 2 is 1.76 bits per heavy atom. The Morgan fingerprint density at radius 3 is 2.38 bits per heavy atom. The second-order valence-corrected chi connectivity index (χ2v) is 6.95. The van der Waals surface area contributed by atoms with Gasteiger partial charge < -0.3 is 10.2 Å². The lowest BCUT2D eigenvalue weighted by Gasteiger charge is -2.19. The Labute approximate surface area is 175 Å². The summed E-state index contributed by atoms with van der Waals surface area (Å²) in [7, 11) is 0. The molecule has 0 atom stereocenters. The molecule has 0 aliphatic carbocycles. The minimum atomic E-state index is -0.346. The fourth-order valence-corrected chi connectivity index (χ4v) is 3.32. The van der Waals surface area contributed by atoms with Gasteiger partial charge in [-0.2, -0.15) is 5.10 Å². The summed E-state index contributed by atoms with van der Waals surface area (Å²) in [5, 5.41) is 7.49. The number of nitrogens with zero attached hydrogens (tertiary/aromatic N) is 3. The lowest BCUT2D eigenvalue weighted by atomic mass is 10.1. The van der Waals surface area contributed by atoms with Crippen molar-refractivity contribution in [1.29, 1.82) is 0 Å². The van der Waals surface area contributed by atoms with E-state index in [2.05, 4.69) is 10.4 Å². The standard InChI is InChI=1S/C22H23ClN4O2/c1-4-26(5-2)22(29)18-12-11-16(14-19(18)23)24-21(28)20-13-15(3)27(25-20)17-9-7-6-8-10-17/h6-14H,4-5H2,1-3H3,(H,24,28). The molecule has 2 aromatic carbocycles. The van der Waals surface area contributed by atoms with Crippen LogP contribution in [0.3, 0.4) is 0 Å². The zero-order valence-electron chi connectivity index (χ0n) is 16.6. The summed E-state index contributed by atoms with van der Waals surface area (Å²) in [5.74, 6) is -0.475. The Morgan fingerprint density at radius 1 is 1.07 bits per heavy atom. The van der Waals surface area contributed by atoms with E-state index < -0.39 is 0 Å². The molecule has 29 heavy (non-hydrogen) atoms. The maximum absolute atomic E-state index is 12.6. The van der Waals surface area contributed by atoms with Crippen molar-refractivity contribution in [2.45, 2.75) is 20.8 Å². The monoisotopic (exact) mass is 410 g/mol. The number of anilines is 1. The molecule has 2 amide bonds. The van der Waals surface area contributed by atoms with Crippen LogP contribution in [0.4, 0.5) is 5.69 Å². The van der Waals surface area contributed by atoms with E-state index in [9.17, 15) is 9.59 Å². The van der Waals surface area contributed by atoms with Crippen molar-refractivity contribution in [2.24, 2.45) is 0 Å². The second kappa shape index (κ2) is 8.92. The maximum Gasteiger partial charge on any atom is 0.276 e. The molecule has 0 spiro atoms. The van der Waals surface area contributed by atoms with Crippen molar-refractivity contribution in [3.63, 3.8) is 0 Å². The number of carbonyl (C=O) groups is 2. The summed E-state index contributed by atoms with van der Waals surface area (Å²) >= 11 is 6.30. The molecular formula is C22H23ClN4O2. The van der Waals surface area contributed by atoms with E-state index in [1.807, 2.05) is 51.1 Å². The highest BCUT2D eigenvalue weighted by Crippen LogP contribution is 2.23. The average Bonchev–Trinajstić information content (AvgIpc) is 3.11. The van der Waals surface area contributed by atoms with Crippen molar-refractivity contribution in [3.05, 3.63) is 76.6 Å². The van der Waals surface area contributed by atoms with E-state index in [0.29, 0.717) is 35.1 Å². The van der Waals surface area contributed by atoms with Crippen molar-refractivity contribution in [2.75, 3.05) is 18.4 Å². The van der Waals surface area contributed by atoms with Crippen LogP contribution in [0, 0.1) is 6.92 Å². The maximum atomic E-state index is 12.6. The smallest absolute Gasteiger partial charge is 0.276 e. The Balaban J connectivity index is 1.78. The summed E-state index contributed by atoms with van der Waals surface area (Å²) in [5.41, 5.74) is 2.94. The van der Waals surface area contributed by atoms with Crippen molar-refractivity contribution in [1.82, 2.24) is 14.7 Å². The lowest BCUT2D eigenvalue weighted by Crippen LogP contribution is -2.30. The third-order valence-electron chi connectivity index (χ3n) is 4.63. The van der Waals surface area contributed by atoms with Crippen LogP contribution < -0.4 is 5.32 Å². The minimum Gasteiger partial charge on any atom is -0.339 e. The third-order valence-corrected chi connectivity index (χ3v) is 4.94. The van der Waals surface area contributed by atoms with Crippen molar-refractivity contribution in [3.8, 4) is 5.69 Å². The number of para-hydroxylation sites is 1. The molecule has 1 N–H and O–H groups in total. The predicted molar refractivity (Wildman–Crippen MR) is 115 cm³/mol. The first-order chi connectivity index (χ1) is 13.9. The molecular weight excluding hydrogens is 388 g/mol. The Kier molecular flexibility index (Phi) is 6.34. The van der Waals surface area contributed by atoms with E-state index in [4.69, 9.17) is 11.6 Å². The zero-order valence-corrected chi connectivity index (χ0v) is 17.4. The van der Waals surface area contributed by atoms with E-state index in [-0.39, 0.29) is 11.8 Å². The SMILES string of the molecule is CCN(CC)C(=O)c1ccc(NC(=O)c2cc(C)n(-c3ccccc3)n2)cc1Cl. The topological polar surface area (TPSA) is 67.2 Å². The predicted octanol–water partition coefficient (Wildman–Crippen LogP) is 4.57. The van der Waals surface area contributed by atoms with Crippen LogP contribution in [0.2, 0.25) is 5.02 Å². The molecule has 0 radical (unpaired) electrons. The highest BCUT2D eigenvalue weighted by molar-refractivity contribution is 6.34. The molecule has 0 fully saturated rings. The number of halogens is 1. The number of benzene rings is 2. The molecule has 3 aromatic rings. The van der Waals surface area contributed by atoms with Gasteiger partial charge in [-0.3, -0.25) is 9.59 Å². The van der Waals surface area contributed by atoms with E-state index >= 15 is 0 Å². The van der Waals surface area contributed by atoms with Crippen LogP contribution in [-0.2, 0) is 0 Å². The molecule has 0 saturated carbocycles. The first-order valence-electron chi connectivity index (χ1n) is 9.46. The summed E-state index contributed by atoms with van der Waals surface area (Å²) in [6, 6.07) is 16.2. The van der Waals surface area contributed by atoms with Gasteiger partial charge in [-0.05, 0) is 57.2 Å². The van der Waals surface area contributed by atoms with Crippen molar-refractivity contribution < 1.29 is 9.59 Å². The molecule has 0 unspecified atom stereocenters. The number of carbonyl (C=O) groups excluding carboxylic acids is 2. The molecule has 150 valence electrons. The van der Waals surface area contributed by atoms with Crippen LogP contribution in [0.1, 0.15) is 40.4 Å². The van der Waals surface area contributed by atoms with Gasteiger partial charge in [-0.25, -0.2) is 4.68 Å². The Hall–Kier alpha value is -3.12. The van der Waals surface area contributed by atoms with Gasteiger partial charge in [0.05, 0.1) is 16.3 Å². The quantitative estimate of drug-likeness (QED) is 0.647. The molecule has 1 aromatic heterocycles. The first kappa shape index (κ1) is 20.6. The largest absolute Gasteiger partial charge is 0.339 e. The number of aromatic nitrogens is 2. The summed E-state index contributed by atoms with van der Waals surface area (Å²) in [6.45, 7) is 6.93. The van der Waals surface area contributed by atoms with Crippen LogP contribution in [0.25, 0.3) is 5.69 Å². The highest BCUT2D eigenvalue weighted by atomic mass is 35.5. The molecule has 0 aliphatic rings. The first-order valence-corrected chi connectivity index (χ1v) is 9.84. The number of aryl methyl sites for hydroxylation is 1. The van der Waals surface area contributed by atoms with Gasteiger partial charge in [-0.1, -0.05) is 29.8 Å². The minimum absolute atomic E-state index is 0.130. The fourth-order valence-electron chi connectivity index (χ4n) is 3.06. The number of amides is 2. The van der Waals surface area contributed by atoms with E-state index in [1.54, 1.807) is 33.8 Å². The number of rotatable bonds is 6. The molecule has 0 aliphatic heterocycles. The van der Waals surface area contributed by atoms with Gasteiger partial charge in [0.15, 0.2) is 5.69 Å². The average molecular weight is 411 g/mol. The molecule has 0 bridgehead atoms. The summed E-state index contributed by atoms with van der Waals surface area (Å²) in [4.78, 5) is 26.8. The lowest BCUT2D eigenvalue weighted by molar-refractivity contribution is 0.0773. The number of hydrogen-bond acceptors (Lipinski definition) is 3. The van der Waals surface area contributed by atoms with Crippen LogP contribution in [0.15, 0.2) is 54.6 Å². The van der Waals surface area contributed by atoms with E-state index in [0.717, 1.165) is 11.4 Å². The van der Waals surface area contributed by atoms with Crippen LogP contribution >= 0.6 is 11.6 Å². The molecule has 0 saturated heterocycles. The van der Waals surface area contributed by atoms with Gasteiger partial charge in [0.1, 0.15) is 0 Å². The number of nitrogens with one attached hydrogen (secondary N) is 1. The van der Waals surface area contributed by atoms with Crippen LogP contribution in [0.5, 0.6) is 0 Å². The molecule has 6 nitrogen and oxygen atoms in total. The fraction of sp³-hybridized carbons (Fsp3) is 0.227. The van der Waals surface area contributed by atoms with Gasteiger partial charge >= 0.3 is 0 Å². The Bertz CT molecular complexity index is 1030. The second-order valence-electron chi connectivity index (χ2n) is 6.54. The highest BCUT2D eigenvalue weighted by Gasteiger charge is 2.18. The summed E-state index contributed by atoms with van der Waals surface area (Å²) < 4.78 is 1.72. The van der Waals surface area contributed by atoms with Crippen molar-refractivity contribution >= 4 is 29.1 Å². The third kappa shape index (κ3) is 4.49. The van der Waals surface area contributed by atoms with Gasteiger partial charge in [0, 0.05) is 24.5 Å². The molecule has 7 heteroatoms. The molecule has 1 heterocycles. The zero-order chi connectivity index (χ0) is 21.0.